The molecule has 2 aromatic carbocycles. The van der Waals surface area contributed by atoms with Crippen LogP contribution in [0.1, 0.15) is 64.0 Å². The lowest BCUT2D eigenvalue weighted by atomic mass is 9.96. The Morgan fingerprint density at radius 3 is 1.47 bits per heavy atom. The zero-order valence-electron chi connectivity index (χ0n) is 19.3. The summed E-state index contributed by atoms with van der Waals surface area (Å²) in [4.78, 5) is 24.8. The Bertz CT molecular complexity index is 858. The smallest absolute Gasteiger partial charge is 0.385 e. The minimum Gasteiger partial charge on any atom is -0.420 e. The van der Waals surface area contributed by atoms with Gasteiger partial charge in [-0.3, -0.25) is 4.79 Å². The quantitative estimate of drug-likeness (QED) is 0.327. The molecular weight excluding hydrogens is 380 g/mol. The van der Waals surface area contributed by atoms with Crippen molar-refractivity contribution in [3.63, 3.8) is 0 Å². The van der Waals surface area contributed by atoms with Crippen LogP contribution in [0.3, 0.4) is 0 Å². The average molecular weight is 415 g/mol. The third-order valence-corrected chi connectivity index (χ3v) is 4.57. The first-order chi connectivity index (χ1) is 13.8. The Kier molecular flexibility index (Phi) is 9.40. The van der Waals surface area contributed by atoms with Crippen LogP contribution in [0.2, 0.25) is 0 Å². The molecule has 0 spiro atoms. The summed E-state index contributed by atoms with van der Waals surface area (Å²) < 4.78 is 5.40. The number of hydrogen-bond donors (Lipinski definition) is 2. The predicted molar refractivity (Wildman–Crippen MR) is 119 cm³/mol. The standard InChI is InChI=1S/C20H22O3.C5H12O2/c1-11-7-13(3)17(14(4)8-11)18(21)20(22)23-19-15(5)9-12(2)10-16(19)6;1-4(6)3-5(2)7/h7-10H,1-6H3;4-7H,3H2,1-2H3. The average Bonchev–Trinajstić information content (AvgIpc) is 2.56. The fourth-order valence-electron chi connectivity index (χ4n) is 3.60. The van der Waals surface area contributed by atoms with Gasteiger partial charge in [0.25, 0.3) is 5.78 Å². The van der Waals surface area contributed by atoms with E-state index in [1.807, 2.05) is 65.8 Å². The van der Waals surface area contributed by atoms with Crippen molar-refractivity contribution in [3.05, 3.63) is 63.2 Å². The van der Waals surface area contributed by atoms with E-state index in [0.29, 0.717) is 17.7 Å². The summed E-state index contributed by atoms with van der Waals surface area (Å²) in [5.74, 6) is -0.967. The van der Waals surface area contributed by atoms with E-state index >= 15 is 0 Å². The van der Waals surface area contributed by atoms with Crippen molar-refractivity contribution in [3.8, 4) is 5.75 Å². The van der Waals surface area contributed by atoms with E-state index in [9.17, 15) is 9.59 Å². The molecule has 0 aromatic heterocycles. The Hall–Kier alpha value is -2.50. The number of carbonyl (C=O) groups is 2. The van der Waals surface area contributed by atoms with E-state index in [1.165, 1.54) is 0 Å². The van der Waals surface area contributed by atoms with Crippen molar-refractivity contribution >= 4 is 11.8 Å². The lowest BCUT2D eigenvalue weighted by Crippen LogP contribution is -2.23. The largest absolute Gasteiger partial charge is 0.420 e. The van der Waals surface area contributed by atoms with Gasteiger partial charge < -0.3 is 14.9 Å². The van der Waals surface area contributed by atoms with Gasteiger partial charge in [-0.1, -0.05) is 35.4 Å². The van der Waals surface area contributed by atoms with Gasteiger partial charge in [0.2, 0.25) is 0 Å². The van der Waals surface area contributed by atoms with E-state index in [1.54, 1.807) is 13.8 Å². The van der Waals surface area contributed by atoms with Gasteiger partial charge in [0, 0.05) is 5.56 Å². The Morgan fingerprint density at radius 1 is 0.767 bits per heavy atom. The second kappa shape index (κ2) is 11.0. The van der Waals surface area contributed by atoms with Gasteiger partial charge in [0.15, 0.2) is 0 Å². The lowest BCUT2D eigenvalue weighted by Gasteiger charge is -2.13. The number of esters is 1. The van der Waals surface area contributed by atoms with Crippen molar-refractivity contribution in [1.82, 2.24) is 0 Å². The van der Waals surface area contributed by atoms with Crippen LogP contribution in [-0.2, 0) is 4.79 Å². The van der Waals surface area contributed by atoms with E-state index < -0.39 is 11.8 Å². The molecule has 2 unspecified atom stereocenters. The zero-order chi connectivity index (χ0) is 23.2. The van der Waals surface area contributed by atoms with E-state index in [-0.39, 0.29) is 12.2 Å². The lowest BCUT2D eigenvalue weighted by molar-refractivity contribution is -0.129. The van der Waals surface area contributed by atoms with Crippen molar-refractivity contribution < 1.29 is 24.5 Å². The summed E-state index contributed by atoms with van der Waals surface area (Å²) in [6.07, 6.45) is -0.278. The minimum atomic E-state index is -0.838. The molecule has 0 aliphatic heterocycles. The van der Waals surface area contributed by atoms with Crippen LogP contribution < -0.4 is 4.74 Å². The fraction of sp³-hybridized carbons (Fsp3) is 0.440. The highest BCUT2D eigenvalue weighted by Gasteiger charge is 2.24. The van der Waals surface area contributed by atoms with Crippen molar-refractivity contribution in [2.75, 3.05) is 0 Å². The summed E-state index contributed by atoms with van der Waals surface area (Å²) >= 11 is 0. The Balaban J connectivity index is 0.000000553. The zero-order valence-corrected chi connectivity index (χ0v) is 19.3. The second-order valence-corrected chi connectivity index (χ2v) is 8.15. The maximum Gasteiger partial charge on any atom is 0.385 e. The third-order valence-electron chi connectivity index (χ3n) is 4.57. The van der Waals surface area contributed by atoms with Crippen molar-refractivity contribution in [2.45, 2.75) is 74.0 Å². The molecule has 0 radical (unpaired) electrons. The number of aliphatic hydroxyl groups excluding tert-OH is 2. The first kappa shape index (κ1) is 25.5. The van der Waals surface area contributed by atoms with Crippen LogP contribution in [0, 0.1) is 41.5 Å². The van der Waals surface area contributed by atoms with Gasteiger partial charge in [0.05, 0.1) is 12.2 Å². The maximum absolute atomic E-state index is 12.5. The number of rotatable bonds is 5. The summed E-state index contributed by atoms with van der Waals surface area (Å²) in [5, 5.41) is 17.1. The van der Waals surface area contributed by atoms with Crippen molar-refractivity contribution in [1.29, 1.82) is 0 Å². The Labute approximate surface area is 179 Å². The molecule has 2 aromatic rings. The van der Waals surface area contributed by atoms with Crippen LogP contribution in [0.5, 0.6) is 5.75 Å². The molecule has 0 aliphatic rings. The number of aryl methyl sites for hydroxylation is 6. The molecule has 0 fully saturated rings. The molecule has 0 heterocycles. The van der Waals surface area contributed by atoms with Gasteiger partial charge >= 0.3 is 5.97 Å². The molecule has 164 valence electrons. The maximum atomic E-state index is 12.5. The van der Waals surface area contributed by atoms with E-state index in [2.05, 4.69) is 0 Å². The normalized spacial score (nSPS) is 12.5. The SMILES string of the molecule is CC(O)CC(C)O.Cc1cc(C)c(OC(=O)C(=O)c2c(C)cc(C)cc2C)c(C)c1. The van der Waals surface area contributed by atoms with Crippen LogP contribution in [-0.4, -0.2) is 34.2 Å². The van der Waals surface area contributed by atoms with Crippen LogP contribution in [0.25, 0.3) is 0 Å². The van der Waals surface area contributed by atoms with Crippen LogP contribution >= 0.6 is 0 Å². The monoisotopic (exact) mass is 414 g/mol. The fourth-order valence-corrected chi connectivity index (χ4v) is 3.60. The van der Waals surface area contributed by atoms with Gasteiger partial charge in [-0.2, -0.15) is 0 Å². The van der Waals surface area contributed by atoms with Gasteiger partial charge in [-0.25, -0.2) is 4.79 Å². The molecule has 5 heteroatoms. The molecular formula is C25H34O5. The summed E-state index contributed by atoms with van der Waals surface area (Å²) in [6, 6.07) is 7.66. The summed E-state index contributed by atoms with van der Waals surface area (Å²) in [6.45, 7) is 14.7. The number of aliphatic hydroxyl groups is 2. The molecule has 2 rings (SSSR count). The van der Waals surface area contributed by atoms with Crippen molar-refractivity contribution in [2.24, 2.45) is 0 Å². The topological polar surface area (TPSA) is 83.8 Å². The summed E-state index contributed by atoms with van der Waals surface area (Å²) in [7, 11) is 0. The number of benzene rings is 2. The molecule has 2 N–H and O–H groups in total. The molecule has 0 amide bonds. The highest BCUT2D eigenvalue weighted by Crippen LogP contribution is 2.25. The molecule has 0 aliphatic carbocycles. The number of ether oxygens (including phenoxy) is 1. The van der Waals surface area contributed by atoms with E-state index in [4.69, 9.17) is 14.9 Å². The third kappa shape index (κ3) is 7.39. The molecule has 0 saturated heterocycles. The van der Waals surface area contributed by atoms with Crippen LogP contribution in [0.15, 0.2) is 24.3 Å². The molecule has 0 bridgehead atoms. The van der Waals surface area contributed by atoms with E-state index in [0.717, 1.165) is 33.4 Å². The first-order valence-electron chi connectivity index (χ1n) is 10.1. The number of Topliss-reactive ketones (excluding diaryl/α,β-unsaturated/α-hetero) is 1. The Morgan fingerprint density at radius 2 is 1.13 bits per heavy atom. The van der Waals surface area contributed by atoms with Gasteiger partial charge in [0.1, 0.15) is 5.75 Å². The van der Waals surface area contributed by atoms with Gasteiger partial charge in [-0.05, 0) is 84.1 Å². The van der Waals surface area contributed by atoms with Crippen LogP contribution in [0.4, 0.5) is 0 Å². The molecule has 5 nitrogen and oxygen atoms in total. The minimum absolute atomic E-state index is 0.375. The molecule has 2 atom stereocenters. The summed E-state index contributed by atoms with van der Waals surface area (Å²) in [5.41, 5.74) is 5.88. The first-order valence-corrected chi connectivity index (χ1v) is 10.1. The highest BCUT2D eigenvalue weighted by molar-refractivity contribution is 6.41. The number of hydrogen-bond acceptors (Lipinski definition) is 5. The van der Waals surface area contributed by atoms with Gasteiger partial charge in [-0.15, -0.1) is 0 Å². The molecule has 0 saturated carbocycles. The highest BCUT2D eigenvalue weighted by atomic mass is 16.5. The molecule has 30 heavy (non-hydrogen) atoms. The number of ketones is 1. The predicted octanol–water partition coefficient (Wildman–Crippen LogP) is 4.46. The second-order valence-electron chi connectivity index (χ2n) is 8.15. The number of carbonyl (C=O) groups excluding carboxylic acids is 2.